The van der Waals surface area contributed by atoms with Crippen molar-refractivity contribution in [3.8, 4) is 39.8 Å². The molecule has 2 saturated heterocycles. The number of rotatable bonds is 31. The summed E-state index contributed by atoms with van der Waals surface area (Å²) in [5.74, 6) is -14.5. The number of carbonyl (C=O) groups is 8. The molecule has 0 saturated carbocycles. The van der Waals surface area contributed by atoms with Crippen LogP contribution >= 0.6 is 0 Å². The molecule has 480 valence electrons. The molecule has 0 aliphatic carbocycles. The Bertz CT molecular complexity index is 3300. The van der Waals surface area contributed by atoms with Crippen LogP contribution in [0.4, 0.5) is 0 Å². The molecule has 4 aromatic rings. The number of phenolic OH excluding ortho intramolecular Hbond substituents is 1. The first-order valence-electron chi connectivity index (χ1n) is 27.8. The molecule has 6 rings (SSSR count). The molecule has 4 unspecified atom stereocenters. The Hall–Kier alpha value is -8.02. The summed E-state index contributed by atoms with van der Waals surface area (Å²) in [5, 5.41) is 102. The van der Waals surface area contributed by atoms with Gasteiger partial charge < -0.3 is 97.7 Å². The van der Waals surface area contributed by atoms with Crippen molar-refractivity contribution < 1.29 is 106 Å². The van der Waals surface area contributed by atoms with Gasteiger partial charge in [-0.15, -0.1) is 0 Å². The molecule has 2 aliphatic rings. The summed E-state index contributed by atoms with van der Waals surface area (Å²) in [6.45, 7) is 3.91. The molecule has 3 heterocycles. The highest BCUT2D eigenvalue weighted by Crippen LogP contribution is 2.38. The van der Waals surface area contributed by atoms with Crippen molar-refractivity contribution in [3.05, 3.63) is 83.9 Å². The lowest BCUT2D eigenvalue weighted by Gasteiger charge is -2.39. The number of hydrogen-bond acceptors (Lipinski definition) is 24. The number of nitrogens with two attached hydrogens (primary N) is 3. The molecule has 3 aromatic carbocycles. The number of benzene rings is 3. The zero-order chi connectivity index (χ0) is 65.2. The van der Waals surface area contributed by atoms with E-state index >= 15 is 0 Å². The third-order valence-corrected chi connectivity index (χ3v) is 15.5. The van der Waals surface area contributed by atoms with E-state index < -0.39 is 178 Å². The zero-order valence-electron chi connectivity index (χ0n) is 47.9. The molecule has 0 bridgehead atoms. The van der Waals surface area contributed by atoms with Gasteiger partial charge in [-0.05, 0) is 81.1 Å². The predicted octanol–water partition coefficient (Wildman–Crippen LogP) is -3.01. The average molecular weight is 1260 g/mol. The number of β-amino-alcohol motifs (C(OH)–C–C–N with tert-alkyl or cyclic N) is 1. The van der Waals surface area contributed by atoms with Crippen LogP contribution in [0.25, 0.3) is 22.6 Å². The second kappa shape index (κ2) is 29.3. The minimum Gasteiger partial charge on any atom is -0.504 e. The van der Waals surface area contributed by atoms with Crippen LogP contribution < -0.4 is 47.4 Å². The van der Waals surface area contributed by atoms with Crippen LogP contribution in [0, 0.1) is 5.92 Å². The molecule has 88 heavy (non-hydrogen) atoms. The number of nitrogens with zero attached hydrogens (tertiary/aromatic N) is 2. The lowest BCUT2D eigenvalue weighted by atomic mass is 9.77. The Morgan fingerprint density at radius 2 is 1.52 bits per heavy atom. The normalized spacial score (nSPS) is 21.0. The van der Waals surface area contributed by atoms with E-state index in [1.165, 1.54) is 31.2 Å². The van der Waals surface area contributed by atoms with E-state index in [0.717, 1.165) is 26.2 Å². The van der Waals surface area contributed by atoms with Crippen LogP contribution in [0.2, 0.25) is 0 Å². The molecular formula is C56H73N9O22S. The van der Waals surface area contributed by atoms with E-state index in [0.29, 0.717) is 58.0 Å². The summed E-state index contributed by atoms with van der Waals surface area (Å²) in [6.07, 6.45) is -10.0. The second-order valence-corrected chi connectivity index (χ2v) is 22.7. The topological polar surface area (TPSA) is 527 Å². The number of aromatic nitrogens is 1. The summed E-state index contributed by atoms with van der Waals surface area (Å²) in [4.78, 5) is 113. The first-order valence-corrected chi connectivity index (χ1v) is 29.2. The van der Waals surface area contributed by atoms with Gasteiger partial charge in [0.25, 0.3) is 0 Å². The van der Waals surface area contributed by atoms with Gasteiger partial charge in [0.15, 0.2) is 46.0 Å². The molecule has 31 nitrogen and oxygen atoms in total. The van der Waals surface area contributed by atoms with Gasteiger partial charge in [0.1, 0.15) is 35.7 Å². The van der Waals surface area contributed by atoms with Crippen LogP contribution in [0.3, 0.4) is 0 Å². The van der Waals surface area contributed by atoms with E-state index in [9.17, 15) is 92.2 Å². The molecular weight excluding hydrogens is 1180 g/mol. The van der Waals surface area contributed by atoms with E-state index in [4.69, 9.17) is 26.5 Å². The van der Waals surface area contributed by atoms with Crippen molar-refractivity contribution in [2.75, 3.05) is 26.2 Å². The van der Waals surface area contributed by atoms with Crippen molar-refractivity contribution in [1.29, 1.82) is 0 Å². The largest absolute Gasteiger partial charge is 0.504 e. The fourth-order valence-corrected chi connectivity index (χ4v) is 10.5. The molecule has 2 aliphatic heterocycles. The molecule has 13 atom stereocenters. The number of carboxylic acid groups (broad SMARTS) is 1. The first kappa shape index (κ1) is 69.1. The number of phenols is 1. The quantitative estimate of drug-likeness (QED) is 0.0103. The van der Waals surface area contributed by atoms with Crippen LogP contribution in [-0.4, -0.2) is 203 Å². The first-order chi connectivity index (χ1) is 41.4. The Morgan fingerprint density at radius 3 is 2.10 bits per heavy atom. The molecule has 32 heteroatoms. The number of hydrogen-bond donors (Lipinski definition) is 16. The van der Waals surface area contributed by atoms with Crippen molar-refractivity contribution in [3.63, 3.8) is 0 Å². The SMILES string of the molecule is CCCCCOc1ccc(-c2cc(-c3ccc(C(=O)[C@](N)(CCCN)C(=O)N[C@H](C(=O)N[C@H](C(=O)N[C@H](C(=O)N4CC(C)C(O)[C@H]4C(=O)O)C(O)CC(N)=O)[C@H](O)C(O)(C(=O)[C@@H]4C[C@@H](O)CN4)c4ccc(O)c(OS(=O)(=O)O)c4)[C@@H](C)O)cc3)no2)cc1. The summed E-state index contributed by atoms with van der Waals surface area (Å²) < 4.78 is 49.0. The maximum Gasteiger partial charge on any atom is 0.446 e. The number of aliphatic hydroxyl groups is 6. The Kier molecular flexibility index (Phi) is 23.0. The lowest BCUT2D eigenvalue weighted by molar-refractivity contribution is -0.163. The van der Waals surface area contributed by atoms with Gasteiger partial charge in [-0.25, -0.2) is 4.79 Å². The molecule has 0 radical (unpaired) electrons. The Balaban J connectivity index is 1.37. The molecule has 0 spiro atoms. The van der Waals surface area contributed by atoms with Gasteiger partial charge in [0, 0.05) is 41.8 Å². The van der Waals surface area contributed by atoms with Gasteiger partial charge in [-0.1, -0.05) is 62.2 Å². The third kappa shape index (κ3) is 16.2. The Morgan fingerprint density at radius 1 is 0.886 bits per heavy atom. The second-order valence-electron chi connectivity index (χ2n) is 21.7. The minimum atomic E-state index is -5.52. The van der Waals surface area contributed by atoms with Crippen molar-refractivity contribution in [1.82, 2.24) is 31.3 Å². The van der Waals surface area contributed by atoms with Gasteiger partial charge >= 0.3 is 16.4 Å². The van der Waals surface area contributed by atoms with E-state index in [2.05, 4.69) is 26.9 Å². The third-order valence-electron chi connectivity index (χ3n) is 15.1. The minimum absolute atomic E-state index is 0.0981. The van der Waals surface area contributed by atoms with Crippen molar-refractivity contribution >= 4 is 57.5 Å². The summed E-state index contributed by atoms with van der Waals surface area (Å²) >= 11 is 0. The van der Waals surface area contributed by atoms with E-state index in [1.807, 2.05) is 10.6 Å². The van der Waals surface area contributed by atoms with Crippen molar-refractivity contribution in [2.45, 2.75) is 138 Å². The van der Waals surface area contributed by atoms with Gasteiger partial charge in [0.05, 0.1) is 43.5 Å². The monoisotopic (exact) mass is 1260 g/mol. The highest BCUT2D eigenvalue weighted by atomic mass is 32.3. The summed E-state index contributed by atoms with van der Waals surface area (Å²) in [7, 11) is -5.52. The highest BCUT2D eigenvalue weighted by Gasteiger charge is 2.56. The smallest absolute Gasteiger partial charge is 0.446 e. The molecule has 19 N–H and O–H groups in total. The van der Waals surface area contributed by atoms with Gasteiger partial charge in [0.2, 0.25) is 29.5 Å². The zero-order valence-corrected chi connectivity index (χ0v) is 48.7. The standard InChI is InChI=1S/C56H73N9O22S/c1-4-5-6-20-85-34-15-12-30(13-16-34)39-23-35(64-86-39)29-8-10-31(11-9-29)47(72)55(59,18-7-19-57)54(80)63-42(28(3)66)50(75)62-44(51(76)61-43(38(69)24-41(58)70)52(77)65-26-27(2)46(71)45(65)53(78)79)49(74)56(81,48(73)36-22-33(67)25-60-36)32-14-17-37(68)40(21-32)87-88(82,83)84/h8-17,21,23,27-28,33,36,38,42-46,49,60,66-69,71,74,81H,4-7,18-20,22,24-26,57,59H2,1-3H3,(H2,58,70)(H,61,76)(H,62,75)(H,63,80)(H,78,79)(H,82,83,84)/t27?,28-,33-,36+,38?,42+,43+,44+,45+,46?,49+,55-,56?/m1/s1. The van der Waals surface area contributed by atoms with Gasteiger partial charge in [-0.3, -0.25) is 38.1 Å². The van der Waals surface area contributed by atoms with Crippen LogP contribution in [0.1, 0.15) is 81.6 Å². The predicted molar refractivity (Wildman–Crippen MR) is 305 cm³/mol. The Labute approximate surface area is 503 Å². The van der Waals surface area contributed by atoms with Crippen molar-refractivity contribution in [2.24, 2.45) is 23.1 Å². The number of aromatic hydroxyl groups is 1. The van der Waals surface area contributed by atoms with Gasteiger partial charge in [-0.2, -0.15) is 8.42 Å². The maximum atomic E-state index is 15.0. The fourth-order valence-electron chi connectivity index (χ4n) is 10.2. The number of aliphatic carboxylic acids is 1. The summed E-state index contributed by atoms with van der Waals surface area (Å²) in [6, 6.07) is 4.48. The summed E-state index contributed by atoms with van der Waals surface area (Å²) in [5.41, 5.74) is 11.8. The number of carbonyl (C=O) groups excluding carboxylic acids is 7. The number of likely N-dealkylation sites (tertiary alicyclic amines) is 1. The number of ketones is 2. The number of carboxylic acids is 1. The number of amides is 5. The van der Waals surface area contributed by atoms with E-state index in [1.54, 1.807) is 30.3 Å². The number of unbranched alkanes of at least 4 members (excludes halogenated alkanes) is 2. The number of primary amides is 1. The number of aliphatic hydroxyl groups excluding tert-OH is 5. The van der Waals surface area contributed by atoms with E-state index in [-0.39, 0.29) is 25.1 Å². The lowest BCUT2D eigenvalue weighted by Crippen LogP contribution is -2.69. The average Bonchev–Trinajstić information content (AvgIpc) is 0.992. The van der Waals surface area contributed by atoms with Crippen LogP contribution in [-0.2, 0) is 49.6 Å². The maximum absolute atomic E-state index is 15.0. The fraction of sp³-hybridized carbons (Fsp3) is 0.482. The number of nitrogens with one attached hydrogen (secondary N) is 4. The molecule has 1 aromatic heterocycles. The molecule has 5 amide bonds. The number of ether oxygens (including phenoxy) is 1. The molecule has 2 fully saturated rings. The number of Topliss-reactive ketones (excluding diaryl/α,β-unsaturated/α-hetero) is 2. The highest BCUT2D eigenvalue weighted by molar-refractivity contribution is 7.81. The van der Waals surface area contributed by atoms with Crippen LogP contribution in [0.15, 0.2) is 77.3 Å². The van der Waals surface area contributed by atoms with Crippen LogP contribution in [0.5, 0.6) is 17.2 Å².